The Morgan fingerprint density at radius 3 is 2.55 bits per heavy atom. The molecule has 108 valence electrons. The molecule has 1 heterocycles. The van der Waals surface area contributed by atoms with Gasteiger partial charge in [-0.3, -0.25) is 9.59 Å². The standard InChI is InChI=1S/C15H21N3O2/c16-10-12-6-2-1-5-11(12)9-14(19)18-8-4-3-7-13(18)15(17)20/h1-2,5-6,13H,3-4,7-10,16H2,(H2,17,20). The summed E-state index contributed by atoms with van der Waals surface area (Å²) >= 11 is 0. The molecule has 4 N–H and O–H groups in total. The van der Waals surface area contributed by atoms with E-state index in [0.29, 0.717) is 19.5 Å². The minimum Gasteiger partial charge on any atom is -0.368 e. The Morgan fingerprint density at radius 1 is 1.20 bits per heavy atom. The van der Waals surface area contributed by atoms with Crippen molar-refractivity contribution in [2.24, 2.45) is 11.5 Å². The summed E-state index contributed by atoms with van der Waals surface area (Å²) < 4.78 is 0. The molecule has 1 unspecified atom stereocenters. The van der Waals surface area contributed by atoms with Crippen LogP contribution in [0.5, 0.6) is 0 Å². The summed E-state index contributed by atoms with van der Waals surface area (Å²) in [6.45, 7) is 1.01. The van der Waals surface area contributed by atoms with Crippen molar-refractivity contribution in [1.82, 2.24) is 4.90 Å². The molecule has 1 aromatic rings. The average molecular weight is 275 g/mol. The Kier molecular flexibility index (Phi) is 4.74. The van der Waals surface area contributed by atoms with Gasteiger partial charge in [0.1, 0.15) is 6.04 Å². The first kappa shape index (κ1) is 14.5. The number of benzene rings is 1. The highest BCUT2D eigenvalue weighted by Crippen LogP contribution is 2.19. The van der Waals surface area contributed by atoms with Crippen LogP contribution in [0.4, 0.5) is 0 Å². The summed E-state index contributed by atoms with van der Waals surface area (Å²) in [5, 5.41) is 0. The van der Waals surface area contributed by atoms with Gasteiger partial charge in [0.05, 0.1) is 6.42 Å². The summed E-state index contributed by atoms with van der Waals surface area (Å²) in [6.07, 6.45) is 2.81. The van der Waals surface area contributed by atoms with Crippen LogP contribution in [-0.4, -0.2) is 29.3 Å². The number of carbonyl (C=O) groups excluding carboxylic acids is 2. The Balaban J connectivity index is 2.12. The molecule has 1 fully saturated rings. The molecule has 1 saturated heterocycles. The zero-order valence-corrected chi connectivity index (χ0v) is 11.5. The highest BCUT2D eigenvalue weighted by Gasteiger charge is 2.30. The zero-order chi connectivity index (χ0) is 14.5. The number of likely N-dealkylation sites (tertiary alicyclic amines) is 1. The number of primary amides is 1. The van der Waals surface area contributed by atoms with Crippen molar-refractivity contribution in [1.29, 1.82) is 0 Å². The molecule has 2 amide bonds. The van der Waals surface area contributed by atoms with Crippen LogP contribution in [0.2, 0.25) is 0 Å². The van der Waals surface area contributed by atoms with Crippen molar-refractivity contribution >= 4 is 11.8 Å². The monoisotopic (exact) mass is 275 g/mol. The van der Waals surface area contributed by atoms with Crippen LogP contribution < -0.4 is 11.5 Å². The third-order valence-corrected chi connectivity index (χ3v) is 3.83. The molecular formula is C15H21N3O2. The van der Waals surface area contributed by atoms with E-state index in [-0.39, 0.29) is 12.3 Å². The molecule has 0 spiro atoms. The van der Waals surface area contributed by atoms with E-state index >= 15 is 0 Å². The van der Waals surface area contributed by atoms with Gasteiger partial charge in [-0.15, -0.1) is 0 Å². The molecule has 1 aliphatic heterocycles. The second-order valence-electron chi connectivity index (χ2n) is 5.15. The molecule has 20 heavy (non-hydrogen) atoms. The predicted molar refractivity (Wildman–Crippen MR) is 76.6 cm³/mol. The van der Waals surface area contributed by atoms with E-state index < -0.39 is 11.9 Å². The molecule has 1 atom stereocenters. The molecule has 5 nitrogen and oxygen atoms in total. The summed E-state index contributed by atoms with van der Waals surface area (Å²) in [5.74, 6) is -0.459. The summed E-state index contributed by atoms with van der Waals surface area (Å²) in [5.41, 5.74) is 13.0. The number of amides is 2. The summed E-state index contributed by atoms with van der Waals surface area (Å²) in [7, 11) is 0. The normalized spacial score (nSPS) is 18.9. The van der Waals surface area contributed by atoms with Gasteiger partial charge >= 0.3 is 0 Å². The SMILES string of the molecule is NCc1ccccc1CC(=O)N1CCCCC1C(N)=O. The highest BCUT2D eigenvalue weighted by molar-refractivity contribution is 5.87. The quantitative estimate of drug-likeness (QED) is 0.841. The predicted octanol–water partition coefficient (Wildman–Crippen LogP) is 0.554. The van der Waals surface area contributed by atoms with Crippen LogP contribution in [-0.2, 0) is 22.6 Å². The fourth-order valence-electron chi connectivity index (χ4n) is 2.72. The molecule has 0 aliphatic carbocycles. The van der Waals surface area contributed by atoms with Gasteiger partial charge in [0, 0.05) is 13.1 Å². The third kappa shape index (κ3) is 3.17. The molecule has 0 saturated carbocycles. The van der Waals surface area contributed by atoms with Crippen LogP contribution >= 0.6 is 0 Å². The molecular weight excluding hydrogens is 254 g/mol. The smallest absolute Gasteiger partial charge is 0.240 e. The van der Waals surface area contributed by atoms with E-state index in [9.17, 15) is 9.59 Å². The molecule has 2 rings (SSSR count). The molecule has 0 bridgehead atoms. The number of hydrogen-bond donors (Lipinski definition) is 2. The number of nitrogens with two attached hydrogens (primary N) is 2. The first-order chi connectivity index (χ1) is 9.63. The summed E-state index contributed by atoms with van der Waals surface area (Å²) in [4.78, 5) is 25.5. The van der Waals surface area contributed by atoms with Gasteiger partial charge < -0.3 is 16.4 Å². The fraction of sp³-hybridized carbons (Fsp3) is 0.467. The summed E-state index contributed by atoms with van der Waals surface area (Å²) in [6, 6.07) is 7.17. The van der Waals surface area contributed by atoms with Crippen LogP contribution in [0.25, 0.3) is 0 Å². The second kappa shape index (κ2) is 6.52. The number of piperidine rings is 1. The Morgan fingerprint density at radius 2 is 1.90 bits per heavy atom. The van der Waals surface area contributed by atoms with Crippen molar-refractivity contribution in [2.75, 3.05) is 6.54 Å². The Labute approximate surface area is 118 Å². The lowest BCUT2D eigenvalue weighted by atomic mass is 9.99. The van der Waals surface area contributed by atoms with Crippen molar-refractivity contribution in [3.63, 3.8) is 0 Å². The molecule has 1 aromatic carbocycles. The third-order valence-electron chi connectivity index (χ3n) is 3.83. The lowest BCUT2D eigenvalue weighted by Crippen LogP contribution is -2.51. The van der Waals surface area contributed by atoms with E-state index in [1.807, 2.05) is 24.3 Å². The van der Waals surface area contributed by atoms with E-state index in [1.54, 1.807) is 4.90 Å². The maximum absolute atomic E-state index is 12.4. The number of hydrogen-bond acceptors (Lipinski definition) is 3. The van der Waals surface area contributed by atoms with Crippen LogP contribution in [0.1, 0.15) is 30.4 Å². The zero-order valence-electron chi connectivity index (χ0n) is 11.5. The molecule has 0 aromatic heterocycles. The lowest BCUT2D eigenvalue weighted by Gasteiger charge is -2.33. The van der Waals surface area contributed by atoms with E-state index in [4.69, 9.17) is 11.5 Å². The molecule has 5 heteroatoms. The van der Waals surface area contributed by atoms with Gasteiger partial charge in [-0.05, 0) is 30.4 Å². The van der Waals surface area contributed by atoms with E-state index in [0.717, 1.165) is 24.0 Å². The highest BCUT2D eigenvalue weighted by atomic mass is 16.2. The van der Waals surface area contributed by atoms with Crippen molar-refractivity contribution in [2.45, 2.75) is 38.3 Å². The van der Waals surface area contributed by atoms with Gasteiger partial charge in [-0.1, -0.05) is 24.3 Å². The van der Waals surface area contributed by atoms with Gasteiger partial charge in [-0.25, -0.2) is 0 Å². The number of carbonyl (C=O) groups is 2. The van der Waals surface area contributed by atoms with Crippen molar-refractivity contribution in [3.8, 4) is 0 Å². The largest absolute Gasteiger partial charge is 0.368 e. The lowest BCUT2D eigenvalue weighted by molar-refractivity contribution is -0.140. The van der Waals surface area contributed by atoms with Gasteiger partial charge in [0.15, 0.2) is 0 Å². The topological polar surface area (TPSA) is 89.4 Å². The van der Waals surface area contributed by atoms with Crippen LogP contribution in [0.15, 0.2) is 24.3 Å². The molecule has 0 radical (unpaired) electrons. The minimum atomic E-state index is -0.457. The van der Waals surface area contributed by atoms with Gasteiger partial charge in [0.2, 0.25) is 11.8 Å². The van der Waals surface area contributed by atoms with Gasteiger partial charge in [0.25, 0.3) is 0 Å². The second-order valence-corrected chi connectivity index (χ2v) is 5.15. The maximum Gasteiger partial charge on any atom is 0.240 e. The fourth-order valence-corrected chi connectivity index (χ4v) is 2.72. The minimum absolute atomic E-state index is 0.0469. The number of nitrogens with zero attached hydrogens (tertiary/aromatic N) is 1. The maximum atomic E-state index is 12.4. The van der Waals surface area contributed by atoms with E-state index in [1.165, 1.54) is 0 Å². The average Bonchev–Trinajstić information content (AvgIpc) is 2.47. The molecule has 1 aliphatic rings. The van der Waals surface area contributed by atoms with Crippen molar-refractivity contribution < 1.29 is 9.59 Å². The van der Waals surface area contributed by atoms with Crippen molar-refractivity contribution in [3.05, 3.63) is 35.4 Å². The first-order valence-corrected chi connectivity index (χ1v) is 6.99. The van der Waals surface area contributed by atoms with Crippen LogP contribution in [0, 0.1) is 0 Å². The Hall–Kier alpha value is -1.88. The Bertz CT molecular complexity index is 502. The number of rotatable bonds is 4. The van der Waals surface area contributed by atoms with E-state index in [2.05, 4.69) is 0 Å². The first-order valence-electron chi connectivity index (χ1n) is 6.99. The van der Waals surface area contributed by atoms with Gasteiger partial charge in [-0.2, -0.15) is 0 Å². The van der Waals surface area contributed by atoms with Crippen LogP contribution in [0.3, 0.4) is 0 Å².